The smallest absolute Gasteiger partial charge is 0.266 e. The van der Waals surface area contributed by atoms with E-state index in [-0.39, 0.29) is 32.0 Å². The highest BCUT2D eigenvalue weighted by Crippen LogP contribution is 2.31. The van der Waals surface area contributed by atoms with Gasteiger partial charge in [-0.3, -0.25) is 9.78 Å². The first-order chi connectivity index (χ1) is 17.7. The molecule has 37 heavy (non-hydrogen) atoms. The van der Waals surface area contributed by atoms with E-state index in [1.54, 1.807) is 64.8 Å². The molecule has 5 rings (SSSR count). The van der Waals surface area contributed by atoms with E-state index in [2.05, 4.69) is 19.9 Å². The van der Waals surface area contributed by atoms with Gasteiger partial charge in [0, 0.05) is 36.3 Å². The molecule has 1 atom stereocenters. The lowest BCUT2D eigenvalue weighted by Gasteiger charge is -2.28. The van der Waals surface area contributed by atoms with E-state index in [4.69, 9.17) is 5.73 Å². The van der Waals surface area contributed by atoms with Gasteiger partial charge in [-0.05, 0) is 61.9 Å². The summed E-state index contributed by atoms with van der Waals surface area (Å²) in [5.41, 5.74) is 9.22. The number of nitrogens with two attached hydrogens (primary N) is 1. The molecule has 0 saturated carbocycles. The number of carbonyl (C=O) groups excluding carboxylic acids is 1. The largest absolute Gasteiger partial charge is 0.383 e. The van der Waals surface area contributed by atoms with Gasteiger partial charge in [0.2, 0.25) is 0 Å². The number of fused-ring (bicyclic) bond motifs is 1. The second-order valence-electron chi connectivity index (χ2n) is 9.35. The lowest BCUT2D eigenvalue weighted by molar-refractivity contribution is 0.0257. The van der Waals surface area contributed by atoms with Crippen molar-refractivity contribution in [2.24, 2.45) is 0 Å². The molecule has 1 amide bonds. The Morgan fingerprint density at radius 1 is 1.16 bits per heavy atom. The number of benzene rings is 1. The molecule has 0 spiro atoms. The third-order valence-electron chi connectivity index (χ3n) is 6.66. The quantitative estimate of drug-likeness (QED) is 0.412. The van der Waals surface area contributed by atoms with Crippen LogP contribution >= 0.6 is 0 Å². The molecule has 8 nitrogen and oxygen atoms in total. The molecule has 0 unspecified atom stereocenters. The summed E-state index contributed by atoms with van der Waals surface area (Å²) in [5.74, 6) is -1.96. The van der Waals surface area contributed by atoms with Crippen molar-refractivity contribution in [3.63, 3.8) is 0 Å². The fraction of sp³-hybridized carbons (Fsp3) is 0.296. The first kappa shape index (κ1) is 24.5. The van der Waals surface area contributed by atoms with Gasteiger partial charge in [0.15, 0.2) is 0 Å². The summed E-state index contributed by atoms with van der Waals surface area (Å²) in [7, 11) is 0. The van der Waals surface area contributed by atoms with Crippen molar-refractivity contribution in [2.75, 3.05) is 23.7 Å². The van der Waals surface area contributed by atoms with Gasteiger partial charge in [-0.25, -0.2) is 23.7 Å². The third kappa shape index (κ3) is 5.18. The van der Waals surface area contributed by atoms with Gasteiger partial charge in [-0.1, -0.05) is 0 Å². The topological polar surface area (TPSA) is 101 Å². The van der Waals surface area contributed by atoms with E-state index in [1.165, 1.54) is 0 Å². The molecule has 1 aliphatic rings. The van der Waals surface area contributed by atoms with Crippen LogP contribution in [0.4, 0.5) is 20.3 Å². The van der Waals surface area contributed by atoms with Crippen molar-refractivity contribution in [1.82, 2.24) is 24.8 Å². The van der Waals surface area contributed by atoms with Crippen molar-refractivity contribution in [1.29, 1.82) is 0 Å². The molecule has 0 bridgehead atoms. The maximum Gasteiger partial charge on any atom is 0.266 e. The number of carbonyl (C=O) groups is 1. The molecule has 10 heteroatoms. The molecule has 0 radical (unpaired) electrons. The van der Waals surface area contributed by atoms with Crippen molar-refractivity contribution >= 4 is 28.3 Å². The zero-order valence-electron chi connectivity index (χ0n) is 20.6. The van der Waals surface area contributed by atoms with E-state index < -0.39 is 12.0 Å². The molecule has 4 aromatic rings. The molecule has 190 valence electrons. The van der Waals surface area contributed by atoms with E-state index in [0.717, 1.165) is 10.9 Å². The average molecular weight is 504 g/mol. The zero-order chi connectivity index (χ0) is 26.2. The highest BCUT2D eigenvalue weighted by molar-refractivity contribution is 5.98. The Kier molecular flexibility index (Phi) is 6.41. The van der Waals surface area contributed by atoms with Crippen LogP contribution in [0.2, 0.25) is 0 Å². The number of amides is 1. The fourth-order valence-corrected chi connectivity index (χ4v) is 4.47. The predicted octanol–water partition coefficient (Wildman–Crippen LogP) is 4.56. The molecule has 1 fully saturated rings. The molecule has 2 N–H and O–H groups in total. The van der Waals surface area contributed by atoms with Crippen LogP contribution in [0.3, 0.4) is 0 Å². The first-order valence-electron chi connectivity index (χ1n) is 12.0. The number of aryl methyl sites for hydroxylation is 1. The van der Waals surface area contributed by atoms with Crippen LogP contribution in [0.5, 0.6) is 0 Å². The van der Waals surface area contributed by atoms with Crippen molar-refractivity contribution in [2.45, 2.75) is 38.8 Å². The highest BCUT2D eigenvalue weighted by Gasteiger charge is 2.38. The summed E-state index contributed by atoms with van der Waals surface area (Å²) in [6, 6.07) is 12.0. The Hall–Kier alpha value is -4.21. The molecule has 1 aromatic carbocycles. The van der Waals surface area contributed by atoms with Gasteiger partial charge >= 0.3 is 0 Å². The number of hydrogen-bond acceptors (Lipinski definition) is 7. The van der Waals surface area contributed by atoms with Crippen LogP contribution in [0.25, 0.3) is 10.9 Å². The Labute approximate surface area is 213 Å². The number of halogens is 2. The minimum atomic E-state index is -2.69. The van der Waals surface area contributed by atoms with Crippen LogP contribution in [0.1, 0.15) is 46.8 Å². The molecule has 0 aliphatic carbocycles. The van der Waals surface area contributed by atoms with Crippen LogP contribution in [-0.4, -0.2) is 49.8 Å². The maximum absolute atomic E-state index is 13.8. The number of nitrogen functional groups attached to an aromatic ring is 1. The number of aromatic nitrogens is 4. The summed E-state index contributed by atoms with van der Waals surface area (Å²) >= 11 is 0. The molecule has 1 aliphatic heterocycles. The second kappa shape index (κ2) is 9.68. The number of alkyl halides is 2. The van der Waals surface area contributed by atoms with Gasteiger partial charge in [-0.2, -0.15) is 0 Å². The summed E-state index contributed by atoms with van der Waals surface area (Å²) < 4.78 is 27.3. The maximum atomic E-state index is 13.8. The van der Waals surface area contributed by atoms with Gasteiger partial charge in [0.05, 0.1) is 42.2 Å². The SMILES string of the molecule is Cc1cc2cc(C(=O)N(Cc3ccc(N4CCC(F)(F)C4)cn3)[C@H](C)c3ncccn3)ccc2nc1N. The van der Waals surface area contributed by atoms with E-state index in [9.17, 15) is 13.6 Å². The minimum absolute atomic E-state index is 0.168. The van der Waals surface area contributed by atoms with Gasteiger partial charge < -0.3 is 15.5 Å². The number of hydrogen-bond donors (Lipinski definition) is 1. The first-order valence-corrected chi connectivity index (χ1v) is 12.0. The van der Waals surface area contributed by atoms with Crippen LogP contribution in [0, 0.1) is 6.92 Å². The van der Waals surface area contributed by atoms with Gasteiger partial charge in [0.1, 0.15) is 11.6 Å². The number of pyridine rings is 2. The normalized spacial score (nSPS) is 15.6. The fourth-order valence-electron chi connectivity index (χ4n) is 4.47. The monoisotopic (exact) mass is 503 g/mol. The summed E-state index contributed by atoms with van der Waals surface area (Å²) in [6.07, 6.45) is 4.68. The van der Waals surface area contributed by atoms with E-state index >= 15 is 0 Å². The van der Waals surface area contributed by atoms with Crippen LogP contribution in [0.15, 0.2) is 61.1 Å². The number of rotatable bonds is 6. The summed E-state index contributed by atoms with van der Waals surface area (Å²) in [4.78, 5) is 34.7. The zero-order valence-corrected chi connectivity index (χ0v) is 20.6. The molecule has 4 heterocycles. The lowest BCUT2D eigenvalue weighted by atomic mass is 10.1. The Morgan fingerprint density at radius 3 is 2.62 bits per heavy atom. The van der Waals surface area contributed by atoms with Gasteiger partial charge in [-0.15, -0.1) is 0 Å². The predicted molar refractivity (Wildman–Crippen MR) is 137 cm³/mol. The average Bonchev–Trinajstić information content (AvgIpc) is 3.27. The molecule has 3 aromatic heterocycles. The van der Waals surface area contributed by atoms with Crippen LogP contribution < -0.4 is 10.6 Å². The number of anilines is 2. The third-order valence-corrected chi connectivity index (χ3v) is 6.66. The molecule has 1 saturated heterocycles. The minimum Gasteiger partial charge on any atom is -0.383 e. The Morgan fingerprint density at radius 2 is 1.95 bits per heavy atom. The number of nitrogens with zero attached hydrogens (tertiary/aromatic N) is 6. The second-order valence-corrected chi connectivity index (χ2v) is 9.35. The van der Waals surface area contributed by atoms with Gasteiger partial charge in [0.25, 0.3) is 11.8 Å². The van der Waals surface area contributed by atoms with E-state index in [1.807, 2.05) is 19.9 Å². The molecular weight excluding hydrogens is 476 g/mol. The Balaban J connectivity index is 1.44. The lowest BCUT2D eigenvalue weighted by Crippen LogP contribution is -2.34. The highest BCUT2D eigenvalue weighted by atomic mass is 19.3. The standard InChI is InChI=1S/C27H27F2N7O/c1-17-12-20-13-19(4-7-23(20)34-24(17)30)26(37)36(18(2)25-31-9-3-10-32-25)15-21-5-6-22(14-33-21)35-11-8-27(28,29)16-35/h3-7,9-10,12-14,18H,8,11,15-16H2,1-2H3,(H2,30,34)/t18-/m1/s1. The van der Waals surface area contributed by atoms with Crippen molar-refractivity contribution < 1.29 is 13.6 Å². The Bertz CT molecular complexity index is 1430. The van der Waals surface area contributed by atoms with Crippen molar-refractivity contribution in [3.8, 4) is 0 Å². The summed E-state index contributed by atoms with van der Waals surface area (Å²) in [6.45, 7) is 3.88. The van der Waals surface area contributed by atoms with Crippen molar-refractivity contribution in [3.05, 3.63) is 83.7 Å². The van der Waals surface area contributed by atoms with Crippen LogP contribution in [-0.2, 0) is 6.54 Å². The van der Waals surface area contributed by atoms with E-state index in [0.29, 0.717) is 34.1 Å². The summed E-state index contributed by atoms with van der Waals surface area (Å²) in [5, 5.41) is 0.811. The molecular formula is C27H27F2N7O.